The SMILES string of the molecule is COC(=O)Cc1ccccc1-c1ccccc1OC. The summed E-state index contributed by atoms with van der Waals surface area (Å²) in [4.78, 5) is 11.5. The van der Waals surface area contributed by atoms with Crippen LogP contribution in [-0.4, -0.2) is 20.2 Å². The number of carbonyl (C=O) groups is 1. The fraction of sp³-hybridized carbons (Fsp3) is 0.188. The molecule has 0 amide bonds. The van der Waals surface area contributed by atoms with Gasteiger partial charge in [0.05, 0.1) is 20.6 Å². The van der Waals surface area contributed by atoms with Crippen molar-refractivity contribution in [2.45, 2.75) is 6.42 Å². The Morgan fingerprint density at radius 2 is 1.58 bits per heavy atom. The molecule has 0 saturated heterocycles. The fourth-order valence-electron chi connectivity index (χ4n) is 2.03. The maximum atomic E-state index is 11.5. The third-order valence-corrected chi connectivity index (χ3v) is 2.98. The molecule has 0 fully saturated rings. The number of rotatable bonds is 4. The molecule has 2 rings (SSSR count). The van der Waals surface area contributed by atoms with Gasteiger partial charge >= 0.3 is 5.97 Å². The van der Waals surface area contributed by atoms with Gasteiger partial charge in [0.2, 0.25) is 0 Å². The van der Waals surface area contributed by atoms with E-state index >= 15 is 0 Å². The fourth-order valence-corrected chi connectivity index (χ4v) is 2.03. The Morgan fingerprint density at radius 1 is 0.947 bits per heavy atom. The minimum absolute atomic E-state index is 0.248. The lowest BCUT2D eigenvalue weighted by atomic mass is 9.97. The summed E-state index contributed by atoms with van der Waals surface area (Å²) in [5.74, 6) is 0.544. The van der Waals surface area contributed by atoms with Crippen LogP contribution < -0.4 is 4.74 Å². The van der Waals surface area contributed by atoms with Crippen molar-refractivity contribution in [2.24, 2.45) is 0 Å². The molecule has 0 aromatic heterocycles. The molecule has 0 bridgehead atoms. The van der Waals surface area contributed by atoms with Gasteiger partial charge in [-0.3, -0.25) is 4.79 Å². The van der Waals surface area contributed by atoms with E-state index < -0.39 is 0 Å². The topological polar surface area (TPSA) is 35.5 Å². The first kappa shape index (κ1) is 13.1. The van der Waals surface area contributed by atoms with Crippen LogP contribution in [0.5, 0.6) is 5.75 Å². The molecule has 0 saturated carbocycles. The van der Waals surface area contributed by atoms with E-state index in [2.05, 4.69) is 0 Å². The number of ether oxygens (including phenoxy) is 2. The van der Waals surface area contributed by atoms with Crippen LogP contribution in [-0.2, 0) is 16.0 Å². The van der Waals surface area contributed by atoms with Gasteiger partial charge in [-0.05, 0) is 17.2 Å². The molecule has 2 aromatic carbocycles. The lowest BCUT2D eigenvalue weighted by Crippen LogP contribution is -2.05. The summed E-state index contributed by atoms with van der Waals surface area (Å²) in [5, 5.41) is 0. The van der Waals surface area contributed by atoms with Crippen LogP contribution in [0.1, 0.15) is 5.56 Å². The molecule has 19 heavy (non-hydrogen) atoms. The van der Waals surface area contributed by atoms with Gasteiger partial charge < -0.3 is 9.47 Å². The van der Waals surface area contributed by atoms with Gasteiger partial charge in [-0.25, -0.2) is 0 Å². The van der Waals surface area contributed by atoms with Crippen LogP contribution in [0.3, 0.4) is 0 Å². The molecule has 0 aliphatic rings. The van der Waals surface area contributed by atoms with Gasteiger partial charge in [-0.2, -0.15) is 0 Å². The van der Waals surface area contributed by atoms with Crippen LogP contribution in [0.15, 0.2) is 48.5 Å². The number of hydrogen-bond donors (Lipinski definition) is 0. The molecule has 0 radical (unpaired) electrons. The van der Waals surface area contributed by atoms with E-state index in [4.69, 9.17) is 9.47 Å². The van der Waals surface area contributed by atoms with Crippen molar-refractivity contribution in [2.75, 3.05) is 14.2 Å². The third kappa shape index (κ3) is 2.94. The number of para-hydroxylation sites is 1. The summed E-state index contributed by atoms with van der Waals surface area (Å²) in [6, 6.07) is 15.5. The van der Waals surface area contributed by atoms with Crippen molar-refractivity contribution in [1.29, 1.82) is 0 Å². The molecule has 98 valence electrons. The Balaban J connectivity index is 2.47. The molecule has 0 spiro atoms. The monoisotopic (exact) mass is 256 g/mol. The van der Waals surface area contributed by atoms with Crippen LogP contribution in [0.4, 0.5) is 0 Å². The van der Waals surface area contributed by atoms with Gasteiger partial charge in [0.15, 0.2) is 0 Å². The van der Waals surface area contributed by atoms with Gasteiger partial charge in [0, 0.05) is 5.56 Å². The Morgan fingerprint density at radius 3 is 2.26 bits per heavy atom. The molecule has 0 heterocycles. The summed E-state index contributed by atoms with van der Waals surface area (Å²) >= 11 is 0. The third-order valence-electron chi connectivity index (χ3n) is 2.98. The lowest BCUT2D eigenvalue weighted by molar-refractivity contribution is -0.139. The highest BCUT2D eigenvalue weighted by atomic mass is 16.5. The molecule has 0 aliphatic carbocycles. The minimum Gasteiger partial charge on any atom is -0.496 e. The zero-order chi connectivity index (χ0) is 13.7. The van der Waals surface area contributed by atoms with Gasteiger partial charge in [0.1, 0.15) is 5.75 Å². The number of esters is 1. The zero-order valence-electron chi connectivity index (χ0n) is 11.1. The number of carbonyl (C=O) groups excluding carboxylic acids is 1. The van der Waals surface area contributed by atoms with E-state index in [1.807, 2.05) is 48.5 Å². The second kappa shape index (κ2) is 6.05. The van der Waals surface area contributed by atoms with Gasteiger partial charge in [0.25, 0.3) is 0 Å². The number of hydrogen-bond acceptors (Lipinski definition) is 3. The van der Waals surface area contributed by atoms with Crippen molar-refractivity contribution in [3.05, 3.63) is 54.1 Å². The molecule has 2 aromatic rings. The normalized spacial score (nSPS) is 10.0. The van der Waals surface area contributed by atoms with Crippen LogP contribution in [0, 0.1) is 0 Å². The van der Waals surface area contributed by atoms with E-state index in [1.165, 1.54) is 7.11 Å². The zero-order valence-corrected chi connectivity index (χ0v) is 11.1. The Labute approximate surface area is 112 Å². The summed E-state index contributed by atoms with van der Waals surface area (Å²) in [6.45, 7) is 0. The Bertz CT molecular complexity index is 576. The highest BCUT2D eigenvalue weighted by molar-refractivity contribution is 5.79. The molecule has 0 unspecified atom stereocenters. The second-order valence-corrected chi connectivity index (χ2v) is 4.11. The Kier molecular flexibility index (Phi) is 4.18. The first-order valence-corrected chi connectivity index (χ1v) is 6.04. The first-order chi connectivity index (χ1) is 9.26. The average Bonchev–Trinajstić information content (AvgIpc) is 2.47. The summed E-state index contributed by atoms with van der Waals surface area (Å²) < 4.78 is 10.1. The number of methoxy groups -OCH3 is 2. The summed E-state index contributed by atoms with van der Waals surface area (Å²) in [6.07, 6.45) is 0.255. The van der Waals surface area contributed by atoms with E-state index in [0.29, 0.717) is 0 Å². The maximum Gasteiger partial charge on any atom is 0.309 e. The smallest absolute Gasteiger partial charge is 0.309 e. The predicted molar refractivity (Wildman–Crippen MR) is 74.2 cm³/mol. The highest BCUT2D eigenvalue weighted by Gasteiger charge is 2.12. The van der Waals surface area contributed by atoms with E-state index in [-0.39, 0.29) is 12.4 Å². The maximum absolute atomic E-state index is 11.5. The second-order valence-electron chi connectivity index (χ2n) is 4.11. The van der Waals surface area contributed by atoms with E-state index in [1.54, 1.807) is 7.11 Å². The highest BCUT2D eigenvalue weighted by Crippen LogP contribution is 2.32. The molecule has 0 aliphatic heterocycles. The molecule has 0 N–H and O–H groups in total. The molecule has 3 nitrogen and oxygen atoms in total. The Hall–Kier alpha value is -2.29. The first-order valence-electron chi connectivity index (χ1n) is 6.04. The quantitative estimate of drug-likeness (QED) is 0.789. The van der Waals surface area contributed by atoms with Crippen LogP contribution in [0.2, 0.25) is 0 Å². The van der Waals surface area contributed by atoms with Crippen LogP contribution >= 0.6 is 0 Å². The van der Waals surface area contributed by atoms with E-state index in [0.717, 1.165) is 22.4 Å². The van der Waals surface area contributed by atoms with E-state index in [9.17, 15) is 4.79 Å². The number of benzene rings is 2. The predicted octanol–water partition coefficient (Wildman–Crippen LogP) is 3.08. The van der Waals surface area contributed by atoms with Crippen LogP contribution in [0.25, 0.3) is 11.1 Å². The molecular formula is C16H16O3. The minimum atomic E-state index is -0.248. The van der Waals surface area contributed by atoms with Crippen molar-refractivity contribution < 1.29 is 14.3 Å². The molecule has 3 heteroatoms. The molecular weight excluding hydrogens is 240 g/mol. The largest absolute Gasteiger partial charge is 0.496 e. The average molecular weight is 256 g/mol. The molecule has 0 atom stereocenters. The van der Waals surface area contributed by atoms with Crippen molar-refractivity contribution >= 4 is 5.97 Å². The standard InChI is InChI=1S/C16H16O3/c1-18-15-10-6-5-9-14(15)13-8-4-3-7-12(13)11-16(17)19-2/h3-10H,11H2,1-2H3. The van der Waals surface area contributed by atoms with Gasteiger partial charge in [-0.15, -0.1) is 0 Å². The van der Waals surface area contributed by atoms with Gasteiger partial charge in [-0.1, -0.05) is 42.5 Å². The van der Waals surface area contributed by atoms with Crippen molar-refractivity contribution in [1.82, 2.24) is 0 Å². The summed E-state index contributed by atoms with van der Waals surface area (Å²) in [7, 11) is 3.04. The lowest BCUT2D eigenvalue weighted by Gasteiger charge is -2.12. The van der Waals surface area contributed by atoms with Crippen molar-refractivity contribution in [3.8, 4) is 16.9 Å². The van der Waals surface area contributed by atoms with Crippen molar-refractivity contribution in [3.63, 3.8) is 0 Å². The summed E-state index contributed by atoms with van der Waals surface area (Å²) in [5.41, 5.74) is 2.90.